The van der Waals surface area contributed by atoms with Crippen LogP contribution in [0.1, 0.15) is 10.4 Å². The van der Waals surface area contributed by atoms with Crippen LogP contribution in [-0.4, -0.2) is 13.1 Å². The summed E-state index contributed by atoms with van der Waals surface area (Å²) < 4.78 is 23.9. The highest BCUT2D eigenvalue weighted by molar-refractivity contribution is 9.10. The Balaban J connectivity index is 2.32. The second kappa shape index (κ2) is 5.92. The first-order valence-electron chi connectivity index (χ1n) is 5.61. The molecule has 6 heteroatoms. The lowest BCUT2D eigenvalue weighted by Gasteiger charge is -2.09. The number of hydrogen-bond donors (Lipinski definition) is 1. The maximum atomic E-state index is 13.3. The standard InChI is InChI=1S/C14H11BrFNO3/c1-19-14(18)12-7-10(2-3-13(12)17)20-11-5-8(15)4-9(16)6-11/h2-7H,17H2,1H3. The Morgan fingerprint density at radius 1 is 1.20 bits per heavy atom. The van der Waals surface area contributed by atoms with Crippen molar-refractivity contribution in [1.29, 1.82) is 0 Å². The summed E-state index contributed by atoms with van der Waals surface area (Å²) >= 11 is 3.17. The van der Waals surface area contributed by atoms with Gasteiger partial charge in [-0.1, -0.05) is 15.9 Å². The van der Waals surface area contributed by atoms with Crippen molar-refractivity contribution in [3.8, 4) is 11.5 Å². The van der Waals surface area contributed by atoms with Gasteiger partial charge in [0.2, 0.25) is 0 Å². The van der Waals surface area contributed by atoms with Crippen molar-refractivity contribution in [2.24, 2.45) is 0 Å². The van der Waals surface area contributed by atoms with Crippen molar-refractivity contribution in [3.63, 3.8) is 0 Å². The summed E-state index contributed by atoms with van der Waals surface area (Å²) in [6, 6.07) is 8.71. The molecule has 0 saturated carbocycles. The lowest BCUT2D eigenvalue weighted by molar-refractivity contribution is 0.0601. The molecule has 2 aromatic carbocycles. The van der Waals surface area contributed by atoms with Gasteiger partial charge in [0, 0.05) is 16.2 Å². The molecule has 0 unspecified atom stereocenters. The zero-order valence-electron chi connectivity index (χ0n) is 10.5. The third-order valence-corrected chi connectivity index (χ3v) is 2.96. The minimum absolute atomic E-state index is 0.195. The molecule has 0 saturated heterocycles. The van der Waals surface area contributed by atoms with E-state index in [0.717, 1.165) is 0 Å². The van der Waals surface area contributed by atoms with Crippen LogP contribution in [0.2, 0.25) is 0 Å². The average molecular weight is 340 g/mol. The monoisotopic (exact) mass is 339 g/mol. The number of anilines is 1. The van der Waals surface area contributed by atoms with Crippen LogP contribution in [0, 0.1) is 5.82 Å². The highest BCUT2D eigenvalue weighted by atomic mass is 79.9. The molecule has 0 aliphatic heterocycles. The molecular formula is C14H11BrFNO3. The normalized spacial score (nSPS) is 10.2. The van der Waals surface area contributed by atoms with Gasteiger partial charge in [-0.2, -0.15) is 0 Å². The Labute approximate surface area is 123 Å². The third kappa shape index (κ3) is 3.27. The van der Waals surface area contributed by atoms with Crippen LogP contribution >= 0.6 is 15.9 Å². The smallest absolute Gasteiger partial charge is 0.340 e. The van der Waals surface area contributed by atoms with Crippen LogP contribution < -0.4 is 10.5 Å². The molecule has 0 heterocycles. The van der Waals surface area contributed by atoms with Gasteiger partial charge in [0.05, 0.1) is 12.7 Å². The van der Waals surface area contributed by atoms with Crippen molar-refractivity contribution in [1.82, 2.24) is 0 Å². The van der Waals surface area contributed by atoms with Gasteiger partial charge in [-0.15, -0.1) is 0 Å². The van der Waals surface area contributed by atoms with Crippen LogP contribution in [0.15, 0.2) is 40.9 Å². The number of halogens is 2. The molecule has 0 bridgehead atoms. The Morgan fingerprint density at radius 3 is 2.60 bits per heavy atom. The van der Waals surface area contributed by atoms with E-state index in [2.05, 4.69) is 20.7 Å². The number of carbonyl (C=O) groups is 1. The fraction of sp³-hybridized carbons (Fsp3) is 0.0714. The first-order valence-corrected chi connectivity index (χ1v) is 6.40. The SMILES string of the molecule is COC(=O)c1cc(Oc2cc(F)cc(Br)c2)ccc1N. The van der Waals surface area contributed by atoms with Gasteiger partial charge in [-0.3, -0.25) is 0 Å². The minimum Gasteiger partial charge on any atom is -0.465 e. The number of benzene rings is 2. The predicted molar refractivity (Wildman–Crippen MR) is 76.4 cm³/mol. The van der Waals surface area contributed by atoms with Gasteiger partial charge in [0.15, 0.2) is 0 Å². The summed E-state index contributed by atoms with van der Waals surface area (Å²) in [5.41, 5.74) is 6.16. The lowest BCUT2D eigenvalue weighted by Crippen LogP contribution is -2.05. The Bertz CT molecular complexity index is 641. The number of ether oxygens (including phenoxy) is 2. The van der Waals surface area contributed by atoms with E-state index >= 15 is 0 Å². The fourth-order valence-corrected chi connectivity index (χ4v) is 2.05. The van der Waals surface area contributed by atoms with E-state index in [4.69, 9.17) is 10.5 Å². The van der Waals surface area contributed by atoms with Gasteiger partial charge >= 0.3 is 5.97 Å². The van der Waals surface area contributed by atoms with Crippen LogP contribution in [0.5, 0.6) is 11.5 Å². The van der Waals surface area contributed by atoms with Gasteiger partial charge < -0.3 is 15.2 Å². The van der Waals surface area contributed by atoms with Gasteiger partial charge in [0.25, 0.3) is 0 Å². The number of carbonyl (C=O) groups excluding carboxylic acids is 1. The zero-order chi connectivity index (χ0) is 14.7. The quantitative estimate of drug-likeness (QED) is 0.683. The molecule has 2 rings (SSSR count). The molecule has 0 atom stereocenters. The van der Waals surface area contributed by atoms with Gasteiger partial charge in [-0.25, -0.2) is 9.18 Å². The van der Waals surface area contributed by atoms with E-state index < -0.39 is 11.8 Å². The number of esters is 1. The minimum atomic E-state index is -0.562. The average Bonchev–Trinajstić information content (AvgIpc) is 2.39. The summed E-state index contributed by atoms with van der Waals surface area (Å²) in [7, 11) is 1.26. The van der Waals surface area contributed by atoms with Crippen LogP contribution in [0.4, 0.5) is 10.1 Å². The van der Waals surface area contributed by atoms with E-state index in [-0.39, 0.29) is 11.3 Å². The van der Waals surface area contributed by atoms with E-state index in [1.807, 2.05) is 0 Å². The predicted octanol–water partition coefficient (Wildman–Crippen LogP) is 3.75. The Kier molecular flexibility index (Phi) is 4.24. The molecule has 0 amide bonds. The van der Waals surface area contributed by atoms with Crippen molar-refractivity contribution < 1.29 is 18.7 Å². The molecular weight excluding hydrogens is 329 g/mol. The molecule has 104 valence electrons. The number of nitrogen functional groups attached to an aromatic ring is 1. The largest absolute Gasteiger partial charge is 0.465 e. The highest BCUT2D eigenvalue weighted by Crippen LogP contribution is 2.28. The molecule has 0 fully saturated rings. The first-order chi connectivity index (χ1) is 9.49. The molecule has 0 aliphatic carbocycles. The number of hydrogen-bond acceptors (Lipinski definition) is 4. The molecule has 2 N–H and O–H groups in total. The topological polar surface area (TPSA) is 61.5 Å². The Morgan fingerprint density at radius 2 is 1.95 bits per heavy atom. The van der Waals surface area contributed by atoms with E-state index in [0.29, 0.717) is 16.0 Å². The van der Waals surface area contributed by atoms with E-state index in [1.165, 1.54) is 31.4 Å². The Hall–Kier alpha value is -2.08. The van der Waals surface area contributed by atoms with Crippen molar-refractivity contribution in [2.45, 2.75) is 0 Å². The number of methoxy groups -OCH3 is 1. The zero-order valence-corrected chi connectivity index (χ0v) is 12.1. The fourth-order valence-electron chi connectivity index (χ4n) is 1.61. The molecule has 4 nitrogen and oxygen atoms in total. The summed E-state index contributed by atoms with van der Waals surface area (Å²) in [6.07, 6.45) is 0. The second-order valence-corrected chi connectivity index (χ2v) is 4.86. The van der Waals surface area contributed by atoms with Crippen LogP contribution in [-0.2, 0) is 4.74 Å². The molecule has 0 aliphatic rings. The van der Waals surface area contributed by atoms with Gasteiger partial charge in [-0.05, 0) is 30.3 Å². The molecule has 0 aromatic heterocycles. The van der Waals surface area contributed by atoms with Crippen LogP contribution in [0.25, 0.3) is 0 Å². The molecule has 2 aromatic rings. The third-order valence-electron chi connectivity index (χ3n) is 2.50. The number of nitrogens with two attached hydrogens (primary N) is 1. The van der Waals surface area contributed by atoms with E-state index in [1.54, 1.807) is 12.1 Å². The molecule has 0 spiro atoms. The summed E-state index contributed by atoms with van der Waals surface area (Å²) in [5.74, 6) is -0.332. The van der Waals surface area contributed by atoms with Crippen molar-refractivity contribution >= 4 is 27.6 Å². The van der Waals surface area contributed by atoms with Crippen LogP contribution in [0.3, 0.4) is 0 Å². The first kappa shape index (κ1) is 14.3. The molecule has 0 radical (unpaired) electrons. The lowest BCUT2D eigenvalue weighted by atomic mass is 10.1. The summed E-state index contributed by atoms with van der Waals surface area (Å²) in [5, 5.41) is 0. The maximum absolute atomic E-state index is 13.3. The van der Waals surface area contributed by atoms with E-state index in [9.17, 15) is 9.18 Å². The number of rotatable bonds is 3. The van der Waals surface area contributed by atoms with Gasteiger partial charge in [0.1, 0.15) is 17.3 Å². The highest BCUT2D eigenvalue weighted by Gasteiger charge is 2.12. The maximum Gasteiger partial charge on any atom is 0.340 e. The summed E-state index contributed by atoms with van der Waals surface area (Å²) in [6.45, 7) is 0. The summed E-state index contributed by atoms with van der Waals surface area (Å²) in [4.78, 5) is 11.5. The molecule has 20 heavy (non-hydrogen) atoms. The van der Waals surface area contributed by atoms with Crippen molar-refractivity contribution in [3.05, 3.63) is 52.3 Å². The second-order valence-electron chi connectivity index (χ2n) is 3.95. The van der Waals surface area contributed by atoms with Crippen molar-refractivity contribution in [2.75, 3.05) is 12.8 Å².